The van der Waals surface area contributed by atoms with E-state index in [1.807, 2.05) is 36.6 Å². The number of carbonyl (C=O) groups excluding carboxylic acids is 1. The molecule has 0 aliphatic rings. The summed E-state index contributed by atoms with van der Waals surface area (Å²) in [6.45, 7) is 0.126. The Morgan fingerprint density at radius 2 is 1.91 bits per heavy atom. The van der Waals surface area contributed by atoms with Gasteiger partial charge in [-0.2, -0.15) is 0 Å². The van der Waals surface area contributed by atoms with Crippen LogP contribution in [0.4, 0.5) is 14.9 Å². The molecule has 2 amide bonds. The van der Waals surface area contributed by atoms with Crippen LogP contribution in [0.15, 0.2) is 54.6 Å². The third-order valence-electron chi connectivity index (χ3n) is 3.23. The molecule has 0 fully saturated rings. The van der Waals surface area contributed by atoms with Crippen molar-refractivity contribution in [1.82, 2.24) is 4.90 Å². The molecule has 118 valence electrons. The maximum absolute atomic E-state index is 13.7. The lowest BCUT2D eigenvalue weighted by Gasteiger charge is -2.29. The van der Waals surface area contributed by atoms with Gasteiger partial charge in [0.05, 0.1) is 12.2 Å². The van der Waals surface area contributed by atoms with Gasteiger partial charge in [0.1, 0.15) is 11.2 Å². The van der Waals surface area contributed by atoms with E-state index in [0.717, 1.165) is 5.56 Å². The molecule has 23 heavy (non-hydrogen) atoms. The molecule has 3 nitrogen and oxygen atoms in total. The predicted molar refractivity (Wildman–Crippen MR) is 93.7 cm³/mol. The maximum Gasteiger partial charge on any atom is 0.323 e. The molecule has 1 N–H and O–H groups in total. The maximum atomic E-state index is 13.7. The Labute approximate surface area is 139 Å². The van der Waals surface area contributed by atoms with E-state index >= 15 is 0 Å². The monoisotopic (exact) mass is 328 g/mol. The van der Waals surface area contributed by atoms with E-state index in [4.69, 9.17) is 6.42 Å². The van der Waals surface area contributed by atoms with Gasteiger partial charge in [-0.3, -0.25) is 4.90 Å². The fraction of sp³-hybridized carbons (Fsp3) is 0.167. The number of thioether (sulfide) groups is 1. The van der Waals surface area contributed by atoms with E-state index in [0.29, 0.717) is 0 Å². The quantitative estimate of drug-likeness (QED) is 0.653. The molecule has 2 aromatic rings. The number of hydrogen-bond acceptors (Lipinski definition) is 2. The molecular weight excluding hydrogens is 311 g/mol. The minimum atomic E-state index is -0.484. The van der Waals surface area contributed by atoms with Crippen LogP contribution in [0.1, 0.15) is 10.9 Å². The van der Waals surface area contributed by atoms with E-state index in [9.17, 15) is 9.18 Å². The summed E-state index contributed by atoms with van der Waals surface area (Å²) in [6.07, 6.45) is 7.31. The number of amides is 2. The van der Waals surface area contributed by atoms with Gasteiger partial charge >= 0.3 is 6.03 Å². The first-order valence-electron chi connectivity index (χ1n) is 7.00. The standard InChI is InChI=1S/C18H17FN2OS/c1-3-13-21(17(23-2)14-9-5-4-6-10-14)18(22)20-16-12-8-7-11-15(16)19/h1,4-12,17H,13H2,2H3,(H,20,22). The number of carbonyl (C=O) groups is 1. The second kappa shape index (κ2) is 8.25. The fourth-order valence-corrected chi connectivity index (χ4v) is 3.02. The third-order valence-corrected chi connectivity index (χ3v) is 4.20. The smallest absolute Gasteiger partial charge is 0.305 e. The lowest BCUT2D eigenvalue weighted by atomic mass is 10.2. The summed E-state index contributed by atoms with van der Waals surface area (Å²) in [6, 6.07) is 15.2. The molecule has 2 rings (SSSR count). The van der Waals surface area contributed by atoms with Crippen LogP contribution in [-0.4, -0.2) is 23.7 Å². The average molecular weight is 328 g/mol. The Morgan fingerprint density at radius 1 is 1.26 bits per heavy atom. The minimum absolute atomic E-state index is 0.126. The first-order chi connectivity index (χ1) is 11.2. The van der Waals surface area contributed by atoms with Crippen molar-refractivity contribution in [2.45, 2.75) is 5.37 Å². The molecule has 1 unspecified atom stereocenters. The highest BCUT2D eigenvalue weighted by molar-refractivity contribution is 7.98. The molecule has 0 bridgehead atoms. The third kappa shape index (κ3) is 4.27. The Kier molecular flexibility index (Phi) is 6.07. The fourth-order valence-electron chi connectivity index (χ4n) is 2.17. The van der Waals surface area contributed by atoms with Crippen molar-refractivity contribution in [3.63, 3.8) is 0 Å². The molecule has 0 aromatic heterocycles. The van der Waals surface area contributed by atoms with Crippen LogP contribution >= 0.6 is 11.8 Å². The van der Waals surface area contributed by atoms with Gasteiger partial charge in [-0.15, -0.1) is 18.2 Å². The number of urea groups is 1. The van der Waals surface area contributed by atoms with E-state index in [-0.39, 0.29) is 17.6 Å². The van der Waals surface area contributed by atoms with Crippen LogP contribution in [0, 0.1) is 18.2 Å². The van der Waals surface area contributed by atoms with E-state index < -0.39 is 11.8 Å². The molecule has 5 heteroatoms. The number of rotatable bonds is 5. The highest BCUT2D eigenvalue weighted by atomic mass is 32.2. The number of terminal acetylenes is 1. The molecule has 1 atom stereocenters. The Morgan fingerprint density at radius 3 is 2.52 bits per heavy atom. The van der Waals surface area contributed by atoms with Crippen molar-refractivity contribution in [2.24, 2.45) is 0 Å². The van der Waals surface area contributed by atoms with E-state index in [1.54, 1.807) is 12.1 Å². The van der Waals surface area contributed by atoms with Crippen LogP contribution in [0.3, 0.4) is 0 Å². The summed E-state index contributed by atoms with van der Waals surface area (Å²) in [5, 5.41) is 2.33. The van der Waals surface area contributed by atoms with Crippen LogP contribution in [0.5, 0.6) is 0 Å². The molecule has 0 saturated carbocycles. The summed E-state index contributed by atoms with van der Waals surface area (Å²) >= 11 is 1.49. The number of para-hydroxylation sites is 1. The van der Waals surface area contributed by atoms with Crippen LogP contribution in [0.25, 0.3) is 0 Å². The van der Waals surface area contributed by atoms with Gasteiger partial charge in [-0.25, -0.2) is 9.18 Å². The second-order valence-electron chi connectivity index (χ2n) is 4.74. The summed E-state index contributed by atoms with van der Waals surface area (Å²) in [5.41, 5.74) is 1.09. The lowest BCUT2D eigenvalue weighted by Crippen LogP contribution is -2.37. The number of nitrogens with zero attached hydrogens (tertiary/aromatic N) is 1. The van der Waals surface area contributed by atoms with Crippen LogP contribution in [0.2, 0.25) is 0 Å². The number of hydrogen-bond donors (Lipinski definition) is 1. The number of nitrogens with one attached hydrogen (secondary N) is 1. The van der Waals surface area contributed by atoms with Gasteiger partial charge in [-0.05, 0) is 24.0 Å². The zero-order valence-corrected chi connectivity index (χ0v) is 13.5. The number of anilines is 1. The molecule has 0 heterocycles. The zero-order chi connectivity index (χ0) is 16.7. The SMILES string of the molecule is C#CCN(C(=O)Nc1ccccc1F)C(SC)c1ccccc1. The molecule has 0 aliphatic carbocycles. The van der Waals surface area contributed by atoms with Gasteiger partial charge in [0.25, 0.3) is 0 Å². The molecular formula is C18H17FN2OS. The first-order valence-corrected chi connectivity index (χ1v) is 8.29. The normalized spacial score (nSPS) is 11.3. The summed E-state index contributed by atoms with van der Waals surface area (Å²) in [4.78, 5) is 14.1. The Hall–Kier alpha value is -2.45. The summed E-state index contributed by atoms with van der Waals surface area (Å²) in [7, 11) is 0. The summed E-state index contributed by atoms with van der Waals surface area (Å²) in [5.74, 6) is 2.01. The second-order valence-corrected chi connectivity index (χ2v) is 5.66. The van der Waals surface area contributed by atoms with Crippen molar-refractivity contribution in [3.05, 3.63) is 66.0 Å². The van der Waals surface area contributed by atoms with Gasteiger partial charge < -0.3 is 5.32 Å². The van der Waals surface area contributed by atoms with Gasteiger partial charge in [0.15, 0.2) is 0 Å². The Bertz CT molecular complexity index is 700. The highest BCUT2D eigenvalue weighted by Gasteiger charge is 2.24. The molecule has 0 saturated heterocycles. The van der Waals surface area contributed by atoms with Crippen molar-refractivity contribution in [1.29, 1.82) is 0 Å². The van der Waals surface area contributed by atoms with Crippen LogP contribution in [-0.2, 0) is 0 Å². The van der Waals surface area contributed by atoms with Crippen LogP contribution < -0.4 is 5.32 Å². The van der Waals surface area contributed by atoms with Gasteiger partial charge in [0, 0.05) is 0 Å². The van der Waals surface area contributed by atoms with Crippen molar-refractivity contribution in [2.75, 3.05) is 18.1 Å². The first kappa shape index (κ1) is 16.9. The van der Waals surface area contributed by atoms with Gasteiger partial charge in [-0.1, -0.05) is 48.4 Å². The average Bonchev–Trinajstić information content (AvgIpc) is 2.58. The van der Waals surface area contributed by atoms with Gasteiger partial charge in [0.2, 0.25) is 0 Å². The molecule has 2 aromatic carbocycles. The van der Waals surface area contributed by atoms with E-state index in [1.165, 1.54) is 28.8 Å². The highest BCUT2D eigenvalue weighted by Crippen LogP contribution is 2.31. The van der Waals surface area contributed by atoms with E-state index in [2.05, 4.69) is 11.2 Å². The molecule has 0 aliphatic heterocycles. The Balaban J connectivity index is 2.24. The largest absolute Gasteiger partial charge is 0.323 e. The molecule has 0 spiro atoms. The molecule has 0 radical (unpaired) electrons. The topological polar surface area (TPSA) is 32.3 Å². The minimum Gasteiger partial charge on any atom is -0.305 e. The van der Waals surface area contributed by atoms with Crippen molar-refractivity contribution in [3.8, 4) is 12.3 Å². The zero-order valence-electron chi connectivity index (χ0n) is 12.7. The lowest BCUT2D eigenvalue weighted by molar-refractivity contribution is 0.214. The predicted octanol–water partition coefficient (Wildman–Crippen LogP) is 4.35. The van der Waals surface area contributed by atoms with Crippen molar-refractivity contribution < 1.29 is 9.18 Å². The number of benzene rings is 2. The number of halogens is 1. The summed E-state index contributed by atoms with van der Waals surface area (Å²) < 4.78 is 13.7. The van der Waals surface area contributed by atoms with Crippen molar-refractivity contribution >= 4 is 23.5 Å².